The van der Waals surface area contributed by atoms with E-state index in [0.29, 0.717) is 12.8 Å². The van der Waals surface area contributed by atoms with Gasteiger partial charge in [-0.25, -0.2) is 0 Å². The number of rotatable bonds is 6. The van der Waals surface area contributed by atoms with Gasteiger partial charge >= 0.3 is 5.97 Å². The van der Waals surface area contributed by atoms with Crippen LogP contribution in [0.15, 0.2) is 24.3 Å². The number of esters is 1. The number of methoxy groups -OCH3 is 1. The third-order valence-corrected chi connectivity index (χ3v) is 2.51. The molecule has 88 valence electrons. The first-order chi connectivity index (χ1) is 7.77. The highest BCUT2D eigenvalue weighted by molar-refractivity contribution is 5.72. The Morgan fingerprint density at radius 3 is 2.56 bits per heavy atom. The predicted octanol–water partition coefficient (Wildman–Crippen LogP) is 2.69. The molecule has 0 radical (unpaired) electrons. The first-order valence-electron chi connectivity index (χ1n) is 5.47. The molecule has 0 atom stereocenters. The molecule has 3 heteroatoms. The van der Waals surface area contributed by atoms with E-state index < -0.39 is 0 Å². The summed E-state index contributed by atoms with van der Waals surface area (Å²) in [6, 6.07) is 7.74. The second-order valence-electron chi connectivity index (χ2n) is 3.67. The van der Waals surface area contributed by atoms with E-state index in [2.05, 4.69) is 4.74 Å². The quantitative estimate of drug-likeness (QED) is 0.548. The minimum atomic E-state index is -0.279. The molecule has 1 rings (SSSR count). The van der Waals surface area contributed by atoms with Crippen molar-refractivity contribution in [1.29, 1.82) is 0 Å². The molecule has 0 bridgehead atoms. The maximum Gasteiger partial charge on any atom is 0.309 e. The van der Waals surface area contributed by atoms with Crippen molar-refractivity contribution in [1.82, 2.24) is 0 Å². The van der Waals surface area contributed by atoms with E-state index in [1.165, 1.54) is 7.11 Å². The maximum absolute atomic E-state index is 12.0. The minimum Gasteiger partial charge on any atom is -0.469 e. The Balaban J connectivity index is 2.63. The molecule has 0 aromatic heterocycles. The Morgan fingerprint density at radius 2 is 1.94 bits per heavy atom. The number of benzene rings is 1. The molecular formula is C13H17FO2. The standard InChI is InChI=1S/C13H17FO2/c1-16-13(15)10-12-8-3-2-6-11(12)7-4-5-9-14/h2-3,6,8H,4-5,7,9-10H2,1H3. The number of unbranched alkanes of at least 4 members (excludes halogenated alkanes) is 1. The first-order valence-corrected chi connectivity index (χ1v) is 5.47. The van der Waals surface area contributed by atoms with E-state index in [1.807, 2.05) is 24.3 Å². The Hall–Kier alpha value is -1.38. The normalized spacial score (nSPS) is 10.1. The maximum atomic E-state index is 12.0. The molecule has 0 heterocycles. The molecule has 0 aliphatic heterocycles. The molecule has 0 amide bonds. The lowest BCUT2D eigenvalue weighted by molar-refractivity contribution is -0.139. The van der Waals surface area contributed by atoms with Crippen LogP contribution in [0.2, 0.25) is 0 Å². The van der Waals surface area contributed by atoms with E-state index in [4.69, 9.17) is 0 Å². The summed E-state index contributed by atoms with van der Waals surface area (Å²) in [5.74, 6) is -0.238. The van der Waals surface area contributed by atoms with Gasteiger partial charge < -0.3 is 4.74 Å². The van der Waals surface area contributed by atoms with E-state index in [9.17, 15) is 9.18 Å². The third kappa shape index (κ3) is 4.01. The largest absolute Gasteiger partial charge is 0.469 e. The van der Waals surface area contributed by atoms with Crippen LogP contribution in [0.3, 0.4) is 0 Å². The summed E-state index contributed by atoms with van der Waals surface area (Å²) < 4.78 is 16.6. The lowest BCUT2D eigenvalue weighted by Crippen LogP contribution is -2.06. The minimum absolute atomic E-state index is 0.238. The molecule has 1 aromatic carbocycles. The van der Waals surface area contributed by atoms with Gasteiger partial charge in [0.25, 0.3) is 0 Å². The van der Waals surface area contributed by atoms with E-state index in [-0.39, 0.29) is 12.6 Å². The van der Waals surface area contributed by atoms with Crippen LogP contribution in [0, 0.1) is 0 Å². The predicted molar refractivity (Wildman–Crippen MR) is 61.1 cm³/mol. The molecule has 16 heavy (non-hydrogen) atoms. The van der Waals surface area contributed by atoms with Crippen LogP contribution in [-0.4, -0.2) is 19.8 Å². The summed E-state index contributed by atoms with van der Waals surface area (Å²) in [5.41, 5.74) is 2.09. The molecule has 0 spiro atoms. The second kappa shape index (κ2) is 6.99. The highest BCUT2D eigenvalue weighted by Gasteiger charge is 2.07. The molecule has 0 N–H and O–H groups in total. The molecule has 0 saturated carbocycles. The molecule has 0 unspecified atom stereocenters. The van der Waals surface area contributed by atoms with E-state index in [0.717, 1.165) is 24.0 Å². The molecule has 1 aromatic rings. The Labute approximate surface area is 95.4 Å². The zero-order chi connectivity index (χ0) is 11.8. The summed E-state index contributed by atoms with van der Waals surface area (Å²) in [4.78, 5) is 11.2. The lowest BCUT2D eigenvalue weighted by atomic mass is 10.00. The van der Waals surface area contributed by atoms with Gasteiger partial charge in [-0.1, -0.05) is 24.3 Å². The van der Waals surface area contributed by atoms with Crippen molar-refractivity contribution in [3.05, 3.63) is 35.4 Å². The van der Waals surface area contributed by atoms with Crippen LogP contribution in [0.1, 0.15) is 24.0 Å². The summed E-state index contributed by atoms with van der Waals surface area (Å²) >= 11 is 0. The number of carbonyl (C=O) groups is 1. The second-order valence-corrected chi connectivity index (χ2v) is 3.67. The zero-order valence-electron chi connectivity index (χ0n) is 9.54. The third-order valence-electron chi connectivity index (χ3n) is 2.51. The summed E-state index contributed by atoms with van der Waals surface area (Å²) in [5, 5.41) is 0. The number of aryl methyl sites for hydroxylation is 1. The summed E-state index contributed by atoms with van der Waals surface area (Å²) in [6.45, 7) is -0.279. The zero-order valence-corrected chi connectivity index (χ0v) is 9.54. The smallest absolute Gasteiger partial charge is 0.309 e. The fraction of sp³-hybridized carbons (Fsp3) is 0.462. The summed E-state index contributed by atoms with van der Waals surface area (Å²) in [6.07, 6.45) is 2.50. The number of hydrogen-bond acceptors (Lipinski definition) is 2. The van der Waals surface area contributed by atoms with Crippen LogP contribution in [0.25, 0.3) is 0 Å². The number of halogens is 1. The Kier molecular flexibility index (Phi) is 5.54. The fourth-order valence-corrected chi connectivity index (χ4v) is 1.61. The van der Waals surface area contributed by atoms with Crippen LogP contribution in [-0.2, 0) is 22.4 Å². The van der Waals surface area contributed by atoms with Gasteiger partial charge in [-0.15, -0.1) is 0 Å². The van der Waals surface area contributed by atoms with Gasteiger partial charge in [-0.2, -0.15) is 0 Å². The first kappa shape index (κ1) is 12.7. The molecule has 0 saturated heterocycles. The molecular weight excluding hydrogens is 207 g/mol. The van der Waals surface area contributed by atoms with Gasteiger partial charge in [0, 0.05) is 0 Å². The van der Waals surface area contributed by atoms with Gasteiger partial charge in [0.2, 0.25) is 0 Å². The lowest BCUT2D eigenvalue weighted by Gasteiger charge is -2.07. The van der Waals surface area contributed by atoms with Crippen molar-refractivity contribution in [3.63, 3.8) is 0 Å². The topological polar surface area (TPSA) is 26.3 Å². The van der Waals surface area contributed by atoms with Crippen molar-refractivity contribution in [3.8, 4) is 0 Å². The highest BCUT2D eigenvalue weighted by atomic mass is 19.1. The SMILES string of the molecule is COC(=O)Cc1ccccc1CCCCF. The van der Waals surface area contributed by atoms with E-state index >= 15 is 0 Å². The van der Waals surface area contributed by atoms with Crippen LogP contribution in [0.5, 0.6) is 0 Å². The van der Waals surface area contributed by atoms with Crippen molar-refractivity contribution >= 4 is 5.97 Å². The van der Waals surface area contributed by atoms with Gasteiger partial charge in [-0.3, -0.25) is 9.18 Å². The average Bonchev–Trinajstić information content (AvgIpc) is 2.31. The van der Waals surface area contributed by atoms with Gasteiger partial charge in [0.15, 0.2) is 0 Å². The fourth-order valence-electron chi connectivity index (χ4n) is 1.61. The molecule has 0 aliphatic rings. The van der Waals surface area contributed by atoms with Crippen molar-refractivity contribution in [2.24, 2.45) is 0 Å². The van der Waals surface area contributed by atoms with Crippen molar-refractivity contribution in [2.75, 3.05) is 13.8 Å². The van der Waals surface area contributed by atoms with Crippen molar-refractivity contribution in [2.45, 2.75) is 25.7 Å². The number of alkyl halides is 1. The van der Waals surface area contributed by atoms with Crippen LogP contribution in [0.4, 0.5) is 4.39 Å². The monoisotopic (exact) mass is 224 g/mol. The van der Waals surface area contributed by atoms with Gasteiger partial charge in [0.1, 0.15) is 0 Å². The molecule has 2 nitrogen and oxygen atoms in total. The highest BCUT2D eigenvalue weighted by Crippen LogP contribution is 2.13. The number of carbonyl (C=O) groups excluding carboxylic acids is 1. The van der Waals surface area contributed by atoms with Crippen LogP contribution >= 0.6 is 0 Å². The molecule has 0 aliphatic carbocycles. The Morgan fingerprint density at radius 1 is 1.25 bits per heavy atom. The van der Waals surface area contributed by atoms with Gasteiger partial charge in [-0.05, 0) is 30.4 Å². The summed E-state index contributed by atoms with van der Waals surface area (Å²) in [7, 11) is 1.38. The number of hydrogen-bond donors (Lipinski definition) is 0. The van der Waals surface area contributed by atoms with E-state index in [1.54, 1.807) is 0 Å². The number of ether oxygens (including phenoxy) is 1. The van der Waals surface area contributed by atoms with Crippen LogP contribution < -0.4 is 0 Å². The average molecular weight is 224 g/mol. The van der Waals surface area contributed by atoms with Gasteiger partial charge in [0.05, 0.1) is 20.2 Å². The Bertz CT molecular complexity index is 336. The molecule has 0 fully saturated rings. The van der Waals surface area contributed by atoms with Crippen molar-refractivity contribution < 1.29 is 13.9 Å².